The Kier molecular flexibility index (Phi) is 3.23. The van der Waals surface area contributed by atoms with Crippen molar-refractivity contribution in [3.05, 3.63) is 47.4 Å². The average molecular weight is 275 g/mol. The van der Waals surface area contributed by atoms with Gasteiger partial charge in [-0.1, -0.05) is 24.3 Å². The van der Waals surface area contributed by atoms with E-state index < -0.39 is 11.9 Å². The Bertz CT molecular complexity index is 636. The van der Waals surface area contributed by atoms with Crippen molar-refractivity contribution in [1.29, 1.82) is 0 Å². The minimum absolute atomic E-state index is 0.0941. The van der Waals surface area contributed by atoms with E-state index in [2.05, 4.69) is 9.97 Å². The van der Waals surface area contributed by atoms with Gasteiger partial charge in [-0.2, -0.15) is 9.37 Å². The Balaban J connectivity index is 1.93. The molecule has 1 atom stereocenters. The minimum atomic E-state index is -0.611. The highest BCUT2D eigenvalue weighted by molar-refractivity contribution is 5.42. The van der Waals surface area contributed by atoms with Gasteiger partial charge < -0.3 is 14.7 Å². The summed E-state index contributed by atoms with van der Waals surface area (Å²) in [6.45, 7) is 0.938. The van der Waals surface area contributed by atoms with Gasteiger partial charge in [0, 0.05) is 6.54 Å². The van der Waals surface area contributed by atoms with Gasteiger partial charge in [0.1, 0.15) is 0 Å². The summed E-state index contributed by atoms with van der Waals surface area (Å²) in [5, 5.41) is 10.2. The van der Waals surface area contributed by atoms with Crippen LogP contribution in [0.2, 0.25) is 0 Å². The fourth-order valence-corrected chi connectivity index (χ4v) is 2.37. The second kappa shape index (κ2) is 5.05. The molecule has 6 heteroatoms. The first-order chi connectivity index (χ1) is 9.69. The Labute approximate surface area is 115 Å². The van der Waals surface area contributed by atoms with Gasteiger partial charge in [0.2, 0.25) is 11.8 Å². The van der Waals surface area contributed by atoms with Crippen molar-refractivity contribution < 1.29 is 14.2 Å². The topological polar surface area (TPSA) is 58.5 Å². The van der Waals surface area contributed by atoms with Gasteiger partial charge in [-0.05, 0) is 11.1 Å². The molecule has 20 heavy (non-hydrogen) atoms. The van der Waals surface area contributed by atoms with Gasteiger partial charge >= 0.3 is 0 Å². The van der Waals surface area contributed by atoms with Gasteiger partial charge in [0.15, 0.2) is 0 Å². The lowest BCUT2D eigenvalue weighted by atomic mass is 9.98. The van der Waals surface area contributed by atoms with Crippen LogP contribution in [0.5, 0.6) is 5.88 Å². The maximum Gasteiger partial charge on any atom is 0.255 e. The van der Waals surface area contributed by atoms with Crippen LogP contribution in [-0.4, -0.2) is 28.7 Å². The lowest BCUT2D eigenvalue weighted by Crippen LogP contribution is -2.34. The first kappa shape index (κ1) is 12.8. The maximum absolute atomic E-state index is 13.3. The summed E-state index contributed by atoms with van der Waals surface area (Å²) in [6, 6.07) is 7.67. The number of hydrogen-bond donors (Lipinski definition) is 1. The number of aliphatic hydroxyl groups is 1. The molecule has 1 aliphatic heterocycles. The minimum Gasteiger partial charge on any atom is -0.479 e. The summed E-state index contributed by atoms with van der Waals surface area (Å²) in [5.74, 6) is -0.352. The number of hydrogen-bond acceptors (Lipinski definition) is 5. The number of fused-ring (bicyclic) bond motifs is 1. The molecule has 1 N–H and O–H groups in total. The third kappa shape index (κ3) is 2.18. The first-order valence-electron chi connectivity index (χ1n) is 6.26. The summed E-state index contributed by atoms with van der Waals surface area (Å²) in [6.07, 6.45) is 0.466. The molecule has 5 nitrogen and oxygen atoms in total. The first-order valence-corrected chi connectivity index (χ1v) is 6.26. The van der Waals surface area contributed by atoms with Crippen molar-refractivity contribution in [1.82, 2.24) is 9.97 Å². The van der Waals surface area contributed by atoms with Crippen LogP contribution in [0.3, 0.4) is 0 Å². The van der Waals surface area contributed by atoms with E-state index in [4.69, 9.17) is 4.74 Å². The fourth-order valence-electron chi connectivity index (χ4n) is 2.37. The van der Waals surface area contributed by atoms with Crippen molar-refractivity contribution in [2.45, 2.75) is 12.6 Å². The number of aromatic nitrogens is 2. The number of benzene rings is 1. The van der Waals surface area contributed by atoms with Crippen molar-refractivity contribution in [2.75, 3.05) is 18.6 Å². The molecule has 0 amide bonds. The van der Waals surface area contributed by atoms with Crippen molar-refractivity contribution in [2.24, 2.45) is 0 Å². The third-order valence-electron chi connectivity index (χ3n) is 3.34. The molecule has 1 aliphatic rings. The molecular formula is C14H14FN3O2. The van der Waals surface area contributed by atoms with Gasteiger partial charge in [-0.15, -0.1) is 0 Å². The Morgan fingerprint density at radius 2 is 2.20 bits per heavy atom. The molecule has 1 aromatic carbocycles. The van der Waals surface area contributed by atoms with E-state index in [1.165, 1.54) is 7.11 Å². The lowest BCUT2D eigenvalue weighted by molar-refractivity contribution is 0.175. The van der Waals surface area contributed by atoms with E-state index in [-0.39, 0.29) is 5.88 Å². The molecule has 104 valence electrons. The van der Waals surface area contributed by atoms with Crippen LogP contribution in [-0.2, 0) is 6.54 Å². The van der Waals surface area contributed by atoms with E-state index >= 15 is 0 Å². The molecule has 0 spiro atoms. The number of ether oxygens (including phenoxy) is 1. The van der Waals surface area contributed by atoms with Crippen molar-refractivity contribution >= 4 is 5.95 Å². The van der Waals surface area contributed by atoms with Gasteiger partial charge in [0.25, 0.3) is 5.88 Å². The normalized spacial score (nSPS) is 17.8. The number of β-amino-alcohol motifs (C(OH)–C–C–N with tert-alkyl or cyclic N) is 1. The molecule has 2 aromatic rings. The summed E-state index contributed by atoms with van der Waals surface area (Å²) in [5.41, 5.74) is 1.93. The van der Waals surface area contributed by atoms with Crippen LogP contribution in [0, 0.1) is 5.82 Å². The second-order valence-electron chi connectivity index (χ2n) is 4.62. The molecule has 1 unspecified atom stereocenters. The standard InChI is InChI=1S/C14H14FN3O2/c1-20-13-11(15)6-16-14(17-13)18-7-9-4-2-3-5-10(9)12(19)8-18/h2-6,12,19H,7-8H2,1H3. The monoisotopic (exact) mass is 275 g/mol. The van der Waals surface area contributed by atoms with E-state index in [1.54, 1.807) is 4.90 Å². The predicted octanol–water partition coefficient (Wildman–Crippen LogP) is 1.68. The molecule has 0 saturated heterocycles. The second-order valence-corrected chi connectivity index (χ2v) is 4.62. The summed E-state index contributed by atoms with van der Waals surface area (Å²) in [4.78, 5) is 9.80. The summed E-state index contributed by atoms with van der Waals surface area (Å²) in [7, 11) is 1.36. The molecule has 1 aromatic heterocycles. The van der Waals surface area contributed by atoms with E-state index in [0.29, 0.717) is 19.0 Å². The third-order valence-corrected chi connectivity index (χ3v) is 3.34. The van der Waals surface area contributed by atoms with Gasteiger partial charge in [-0.3, -0.25) is 0 Å². The molecule has 0 bridgehead atoms. The number of aliphatic hydroxyl groups excluding tert-OH is 1. The molecule has 2 heterocycles. The van der Waals surface area contributed by atoms with Crippen LogP contribution in [0.1, 0.15) is 17.2 Å². The van der Waals surface area contributed by atoms with Crippen LogP contribution >= 0.6 is 0 Å². The van der Waals surface area contributed by atoms with Crippen LogP contribution < -0.4 is 9.64 Å². The SMILES string of the molecule is COc1nc(N2Cc3ccccc3C(O)C2)ncc1F. The van der Waals surface area contributed by atoms with Crippen molar-refractivity contribution in [3.8, 4) is 5.88 Å². The molecule has 0 aliphatic carbocycles. The largest absolute Gasteiger partial charge is 0.479 e. The van der Waals surface area contributed by atoms with Crippen molar-refractivity contribution in [3.63, 3.8) is 0 Å². The number of halogens is 1. The number of methoxy groups -OCH3 is 1. The molecule has 3 rings (SSSR count). The van der Waals surface area contributed by atoms with Crippen LogP contribution in [0.4, 0.5) is 10.3 Å². The Hall–Kier alpha value is -2.21. The van der Waals surface area contributed by atoms with Gasteiger partial charge in [0.05, 0.1) is 26.0 Å². The number of nitrogens with zero attached hydrogens (tertiary/aromatic N) is 3. The Morgan fingerprint density at radius 1 is 1.40 bits per heavy atom. The smallest absolute Gasteiger partial charge is 0.255 e. The number of anilines is 1. The highest BCUT2D eigenvalue weighted by Gasteiger charge is 2.25. The molecular weight excluding hydrogens is 261 g/mol. The van der Waals surface area contributed by atoms with Gasteiger partial charge in [-0.25, -0.2) is 4.98 Å². The molecule has 0 saturated carbocycles. The highest BCUT2D eigenvalue weighted by atomic mass is 19.1. The fraction of sp³-hybridized carbons (Fsp3) is 0.286. The van der Waals surface area contributed by atoms with E-state index in [1.807, 2.05) is 24.3 Å². The maximum atomic E-state index is 13.3. The zero-order valence-electron chi connectivity index (χ0n) is 11.0. The highest BCUT2D eigenvalue weighted by Crippen LogP contribution is 2.29. The predicted molar refractivity (Wildman–Crippen MR) is 71.0 cm³/mol. The quantitative estimate of drug-likeness (QED) is 0.903. The summed E-state index contributed by atoms with van der Waals surface area (Å²) < 4.78 is 18.2. The molecule has 0 radical (unpaired) electrons. The number of rotatable bonds is 2. The van der Waals surface area contributed by atoms with Crippen LogP contribution in [0.15, 0.2) is 30.5 Å². The average Bonchev–Trinajstić information content (AvgIpc) is 2.47. The van der Waals surface area contributed by atoms with E-state index in [0.717, 1.165) is 17.3 Å². The molecule has 0 fully saturated rings. The van der Waals surface area contributed by atoms with E-state index in [9.17, 15) is 9.50 Å². The zero-order valence-corrected chi connectivity index (χ0v) is 11.0. The summed E-state index contributed by atoms with van der Waals surface area (Å²) >= 11 is 0. The zero-order chi connectivity index (χ0) is 14.1. The Morgan fingerprint density at radius 3 is 3.00 bits per heavy atom. The lowest BCUT2D eigenvalue weighted by Gasteiger charge is -2.32. The van der Waals surface area contributed by atoms with Crippen LogP contribution in [0.25, 0.3) is 0 Å².